The smallest absolute Gasteiger partial charge is 0.253 e. The van der Waals surface area contributed by atoms with Gasteiger partial charge in [0.2, 0.25) is 0 Å². The van der Waals surface area contributed by atoms with Gasteiger partial charge in [0.15, 0.2) is 0 Å². The van der Waals surface area contributed by atoms with E-state index in [9.17, 15) is 4.79 Å². The van der Waals surface area contributed by atoms with E-state index in [1.54, 1.807) is 15.8 Å². The second-order valence-corrected chi connectivity index (χ2v) is 6.94. The molecule has 2 aromatic heterocycles. The molecule has 0 N–H and O–H groups in total. The standard InChI is InChI=1S/C18H23N5O3/c1-14-4-3-5-16(20-14)22-6-7-25-13-18(11-22)12-23(17(24)10-26-18)15-8-19-21(2)9-15/h3-5,8-9H,6-7,10-13H2,1-2H3/t18-/m1/s1. The molecule has 1 amide bonds. The number of nitrogens with zero attached hydrogens (tertiary/aromatic N) is 5. The molecule has 0 radical (unpaired) electrons. The van der Waals surface area contributed by atoms with Crippen molar-refractivity contribution in [1.29, 1.82) is 0 Å². The van der Waals surface area contributed by atoms with Crippen molar-refractivity contribution >= 4 is 17.4 Å². The third-order valence-electron chi connectivity index (χ3n) is 4.80. The quantitative estimate of drug-likeness (QED) is 0.790. The lowest BCUT2D eigenvalue weighted by Gasteiger charge is -2.42. The number of morpholine rings is 1. The zero-order valence-electron chi connectivity index (χ0n) is 15.1. The van der Waals surface area contributed by atoms with Gasteiger partial charge in [0.05, 0.1) is 38.2 Å². The Balaban J connectivity index is 1.60. The first kappa shape index (κ1) is 17.0. The van der Waals surface area contributed by atoms with E-state index in [4.69, 9.17) is 9.47 Å². The van der Waals surface area contributed by atoms with E-state index < -0.39 is 5.60 Å². The van der Waals surface area contributed by atoms with Crippen LogP contribution in [-0.4, -0.2) is 65.7 Å². The van der Waals surface area contributed by atoms with Gasteiger partial charge in [-0.15, -0.1) is 0 Å². The summed E-state index contributed by atoms with van der Waals surface area (Å²) < 4.78 is 13.6. The Morgan fingerprint density at radius 1 is 1.27 bits per heavy atom. The minimum absolute atomic E-state index is 0.0351. The first-order valence-electron chi connectivity index (χ1n) is 8.74. The summed E-state index contributed by atoms with van der Waals surface area (Å²) in [5.41, 5.74) is 1.16. The van der Waals surface area contributed by atoms with Gasteiger partial charge >= 0.3 is 0 Å². The van der Waals surface area contributed by atoms with Gasteiger partial charge in [0.1, 0.15) is 18.0 Å². The highest BCUT2D eigenvalue weighted by Crippen LogP contribution is 2.28. The maximum Gasteiger partial charge on any atom is 0.253 e. The van der Waals surface area contributed by atoms with Crippen molar-refractivity contribution in [1.82, 2.24) is 14.8 Å². The third-order valence-corrected chi connectivity index (χ3v) is 4.80. The molecule has 1 atom stereocenters. The number of aromatic nitrogens is 3. The van der Waals surface area contributed by atoms with Crippen molar-refractivity contribution in [2.24, 2.45) is 7.05 Å². The maximum absolute atomic E-state index is 12.4. The average Bonchev–Trinajstić information content (AvgIpc) is 2.95. The second-order valence-electron chi connectivity index (χ2n) is 6.94. The summed E-state index contributed by atoms with van der Waals surface area (Å²) >= 11 is 0. The van der Waals surface area contributed by atoms with Crippen molar-refractivity contribution < 1.29 is 14.3 Å². The minimum atomic E-state index is -0.592. The normalized spacial score (nSPS) is 24.2. The number of hydrogen-bond donors (Lipinski definition) is 0. The lowest BCUT2D eigenvalue weighted by Crippen LogP contribution is -2.61. The van der Waals surface area contributed by atoms with Crippen LogP contribution in [0, 0.1) is 6.92 Å². The van der Waals surface area contributed by atoms with Crippen LogP contribution in [0.1, 0.15) is 5.69 Å². The molecule has 2 saturated heterocycles. The van der Waals surface area contributed by atoms with Crippen molar-refractivity contribution in [3.8, 4) is 0 Å². The Bertz CT molecular complexity index is 808. The molecule has 8 heteroatoms. The maximum atomic E-state index is 12.4. The molecular weight excluding hydrogens is 334 g/mol. The minimum Gasteiger partial charge on any atom is -0.376 e. The lowest BCUT2D eigenvalue weighted by atomic mass is 10.0. The molecule has 0 aliphatic carbocycles. The van der Waals surface area contributed by atoms with Crippen molar-refractivity contribution in [2.75, 3.05) is 49.3 Å². The van der Waals surface area contributed by atoms with Gasteiger partial charge < -0.3 is 19.3 Å². The van der Waals surface area contributed by atoms with Gasteiger partial charge in [-0.25, -0.2) is 4.98 Å². The van der Waals surface area contributed by atoms with Crippen LogP contribution < -0.4 is 9.80 Å². The zero-order chi connectivity index (χ0) is 18.1. The predicted molar refractivity (Wildman–Crippen MR) is 96.3 cm³/mol. The van der Waals surface area contributed by atoms with Gasteiger partial charge in [0.25, 0.3) is 5.91 Å². The molecule has 0 saturated carbocycles. The van der Waals surface area contributed by atoms with E-state index >= 15 is 0 Å². The number of carbonyl (C=O) groups excluding carboxylic acids is 1. The topological polar surface area (TPSA) is 72.7 Å². The Morgan fingerprint density at radius 3 is 2.92 bits per heavy atom. The monoisotopic (exact) mass is 357 g/mol. The second kappa shape index (κ2) is 6.69. The molecule has 4 rings (SSSR count). The summed E-state index contributed by atoms with van der Waals surface area (Å²) in [5.74, 6) is 0.844. The fourth-order valence-electron chi connectivity index (χ4n) is 3.49. The Kier molecular flexibility index (Phi) is 4.37. The van der Waals surface area contributed by atoms with Crippen molar-refractivity contribution in [2.45, 2.75) is 12.5 Å². The number of pyridine rings is 1. The summed E-state index contributed by atoms with van der Waals surface area (Å²) in [6, 6.07) is 5.98. The molecule has 1 spiro atoms. The van der Waals surface area contributed by atoms with E-state index in [0.29, 0.717) is 26.3 Å². The summed E-state index contributed by atoms with van der Waals surface area (Å²) in [4.78, 5) is 21.0. The molecule has 2 fully saturated rings. The molecule has 138 valence electrons. The van der Waals surface area contributed by atoms with Crippen LogP contribution in [0.3, 0.4) is 0 Å². The Labute approximate surface area is 152 Å². The number of hydrogen-bond acceptors (Lipinski definition) is 6. The highest BCUT2D eigenvalue weighted by Gasteiger charge is 2.44. The summed E-state index contributed by atoms with van der Waals surface area (Å²) in [5, 5.41) is 4.18. The Hall–Kier alpha value is -2.45. The molecule has 2 aliphatic rings. The third kappa shape index (κ3) is 3.30. The molecule has 4 heterocycles. The number of ether oxygens (including phenoxy) is 2. The summed E-state index contributed by atoms with van der Waals surface area (Å²) in [6.45, 7) is 4.84. The molecule has 0 bridgehead atoms. The van der Waals surface area contributed by atoms with Gasteiger partial charge in [-0.2, -0.15) is 5.10 Å². The fraction of sp³-hybridized carbons (Fsp3) is 0.500. The number of rotatable bonds is 2. The number of aryl methyl sites for hydroxylation is 2. The molecule has 8 nitrogen and oxygen atoms in total. The van der Waals surface area contributed by atoms with Crippen LogP contribution >= 0.6 is 0 Å². The first-order valence-corrected chi connectivity index (χ1v) is 8.74. The highest BCUT2D eigenvalue weighted by atomic mass is 16.6. The van der Waals surface area contributed by atoms with Crippen LogP contribution in [0.15, 0.2) is 30.6 Å². The molecule has 0 unspecified atom stereocenters. The predicted octanol–water partition coefficient (Wildman–Crippen LogP) is 0.762. The van der Waals surface area contributed by atoms with Gasteiger partial charge in [-0.3, -0.25) is 9.48 Å². The van der Waals surface area contributed by atoms with E-state index in [-0.39, 0.29) is 12.5 Å². The molecular formula is C18H23N5O3. The number of carbonyl (C=O) groups is 1. The molecule has 26 heavy (non-hydrogen) atoms. The molecule has 2 aliphatic heterocycles. The van der Waals surface area contributed by atoms with Crippen LogP contribution in [0.25, 0.3) is 0 Å². The van der Waals surface area contributed by atoms with Crippen LogP contribution in [-0.2, 0) is 21.3 Å². The first-order chi connectivity index (χ1) is 12.5. The van der Waals surface area contributed by atoms with E-state index in [0.717, 1.165) is 23.7 Å². The van der Waals surface area contributed by atoms with Gasteiger partial charge in [0, 0.05) is 25.5 Å². The lowest BCUT2D eigenvalue weighted by molar-refractivity contribution is -0.143. The van der Waals surface area contributed by atoms with Crippen LogP contribution in [0.2, 0.25) is 0 Å². The van der Waals surface area contributed by atoms with E-state index in [1.807, 2.05) is 38.4 Å². The van der Waals surface area contributed by atoms with E-state index in [2.05, 4.69) is 15.0 Å². The average molecular weight is 357 g/mol. The highest BCUT2D eigenvalue weighted by molar-refractivity contribution is 5.95. The molecule has 0 aromatic carbocycles. The van der Waals surface area contributed by atoms with Gasteiger partial charge in [-0.1, -0.05) is 6.07 Å². The van der Waals surface area contributed by atoms with E-state index in [1.165, 1.54) is 0 Å². The van der Waals surface area contributed by atoms with Crippen LogP contribution in [0.4, 0.5) is 11.5 Å². The zero-order valence-corrected chi connectivity index (χ0v) is 15.1. The van der Waals surface area contributed by atoms with Crippen molar-refractivity contribution in [3.05, 3.63) is 36.3 Å². The Morgan fingerprint density at radius 2 is 2.15 bits per heavy atom. The number of anilines is 2. The number of amides is 1. The fourth-order valence-corrected chi connectivity index (χ4v) is 3.49. The molecule has 2 aromatic rings. The largest absolute Gasteiger partial charge is 0.376 e. The summed E-state index contributed by atoms with van der Waals surface area (Å²) in [7, 11) is 1.84. The van der Waals surface area contributed by atoms with Gasteiger partial charge in [-0.05, 0) is 19.1 Å². The van der Waals surface area contributed by atoms with Crippen molar-refractivity contribution in [3.63, 3.8) is 0 Å². The SMILES string of the molecule is Cc1cccc(N2CCOC[C@@]3(C2)CN(c2cnn(C)c2)C(=O)CO3)n1. The van der Waals surface area contributed by atoms with Crippen LogP contribution in [0.5, 0.6) is 0 Å². The summed E-state index contributed by atoms with van der Waals surface area (Å²) in [6.07, 6.45) is 3.54.